The molecular formula is C15H16N2O2S. The van der Waals surface area contributed by atoms with Gasteiger partial charge in [0.25, 0.3) is 0 Å². The molecule has 1 aromatic heterocycles. The minimum Gasteiger partial charge on any atom is -0.480 e. The Morgan fingerprint density at radius 1 is 1.40 bits per heavy atom. The Balaban J connectivity index is 1.73. The van der Waals surface area contributed by atoms with Gasteiger partial charge in [-0.3, -0.25) is 9.69 Å². The van der Waals surface area contributed by atoms with Gasteiger partial charge in [0.05, 0.1) is 0 Å². The van der Waals surface area contributed by atoms with Crippen LogP contribution in [0.2, 0.25) is 0 Å². The molecule has 0 amide bonds. The zero-order valence-electron chi connectivity index (χ0n) is 11.0. The van der Waals surface area contributed by atoms with Crippen LogP contribution in [0.5, 0.6) is 0 Å². The smallest absolute Gasteiger partial charge is 0.320 e. The summed E-state index contributed by atoms with van der Waals surface area (Å²) in [4.78, 5) is 18.8. The fraction of sp³-hybridized carbons (Fsp3) is 0.333. The predicted octanol–water partition coefficient (Wildman–Crippen LogP) is 2.86. The van der Waals surface area contributed by atoms with E-state index in [1.165, 1.54) is 0 Å². The van der Waals surface area contributed by atoms with E-state index in [9.17, 15) is 9.90 Å². The average molecular weight is 288 g/mol. The molecule has 1 atom stereocenters. The third-order valence-corrected chi connectivity index (χ3v) is 4.61. The van der Waals surface area contributed by atoms with Crippen molar-refractivity contribution in [2.45, 2.75) is 25.4 Å². The van der Waals surface area contributed by atoms with E-state index in [0.29, 0.717) is 6.54 Å². The maximum absolute atomic E-state index is 11.2. The van der Waals surface area contributed by atoms with E-state index < -0.39 is 5.97 Å². The van der Waals surface area contributed by atoms with Gasteiger partial charge in [-0.05, 0) is 19.4 Å². The number of carbonyl (C=O) groups is 1. The molecule has 1 aromatic carbocycles. The molecule has 1 aliphatic heterocycles. The molecule has 0 radical (unpaired) electrons. The molecular weight excluding hydrogens is 272 g/mol. The summed E-state index contributed by atoms with van der Waals surface area (Å²) in [5, 5.41) is 10.2. The molecule has 3 rings (SSSR count). The number of carboxylic acids is 1. The fourth-order valence-electron chi connectivity index (χ4n) is 2.59. The molecule has 1 unspecified atom stereocenters. The number of aliphatic carboxylic acids is 1. The van der Waals surface area contributed by atoms with Gasteiger partial charge in [0.15, 0.2) is 0 Å². The summed E-state index contributed by atoms with van der Waals surface area (Å²) in [6.45, 7) is 1.54. The van der Waals surface area contributed by atoms with Gasteiger partial charge in [0, 0.05) is 23.2 Å². The predicted molar refractivity (Wildman–Crippen MR) is 78.6 cm³/mol. The van der Waals surface area contributed by atoms with Gasteiger partial charge in [-0.25, -0.2) is 4.98 Å². The number of aromatic nitrogens is 1. The summed E-state index contributed by atoms with van der Waals surface area (Å²) in [7, 11) is 0. The number of benzene rings is 1. The Morgan fingerprint density at radius 2 is 2.20 bits per heavy atom. The Bertz CT molecular complexity index is 597. The molecule has 2 heterocycles. The van der Waals surface area contributed by atoms with Gasteiger partial charge in [0.1, 0.15) is 11.0 Å². The van der Waals surface area contributed by atoms with Crippen molar-refractivity contribution in [3.05, 3.63) is 41.4 Å². The lowest BCUT2D eigenvalue weighted by atomic mass is 10.2. The maximum atomic E-state index is 11.2. The van der Waals surface area contributed by atoms with Crippen LogP contribution in [-0.4, -0.2) is 33.5 Å². The number of nitrogens with zero attached hydrogens (tertiary/aromatic N) is 2. The van der Waals surface area contributed by atoms with Crippen LogP contribution in [0.4, 0.5) is 0 Å². The van der Waals surface area contributed by atoms with E-state index in [1.807, 2.05) is 41.4 Å². The number of rotatable bonds is 4. The number of hydrogen-bond donors (Lipinski definition) is 1. The van der Waals surface area contributed by atoms with Gasteiger partial charge in [-0.1, -0.05) is 30.3 Å². The minimum atomic E-state index is -0.713. The summed E-state index contributed by atoms with van der Waals surface area (Å²) >= 11 is 1.64. The quantitative estimate of drug-likeness (QED) is 0.940. The first-order valence-corrected chi connectivity index (χ1v) is 7.52. The van der Waals surface area contributed by atoms with Crippen molar-refractivity contribution in [3.8, 4) is 10.6 Å². The number of hydrogen-bond acceptors (Lipinski definition) is 4. The van der Waals surface area contributed by atoms with Gasteiger partial charge >= 0.3 is 5.97 Å². The van der Waals surface area contributed by atoms with Crippen molar-refractivity contribution in [1.29, 1.82) is 0 Å². The topological polar surface area (TPSA) is 53.4 Å². The third-order valence-electron chi connectivity index (χ3n) is 3.58. The Kier molecular flexibility index (Phi) is 3.80. The van der Waals surface area contributed by atoms with E-state index >= 15 is 0 Å². The highest BCUT2D eigenvalue weighted by Gasteiger charge is 2.30. The summed E-state index contributed by atoms with van der Waals surface area (Å²) in [5.74, 6) is -0.713. The molecule has 0 bridgehead atoms. The number of likely N-dealkylation sites (tertiary alicyclic amines) is 1. The molecule has 1 N–H and O–H groups in total. The normalized spacial score (nSPS) is 19.3. The highest BCUT2D eigenvalue weighted by atomic mass is 32.1. The Morgan fingerprint density at radius 3 is 2.95 bits per heavy atom. The molecule has 1 fully saturated rings. The van der Waals surface area contributed by atoms with Crippen molar-refractivity contribution in [2.75, 3.05) is 6.54 Å². The molecule has 0 saturated carbocycles. The maximum Gasteiger partial charge on any atom is 0.320 e. The monoisotopic (exact) mass is 288 g/mol. The summed E-state index contributed by atoms with van der Waals surface area (Å²) in [6.07, 6.45) is 3.57. The minimum absolute atomic E-state index is 0.336. The third kappa shape index (κ3) is 2.73. The van der Waals surface area contributed by atoms with E-state index in [-0.39, 0.29) is 6.04 Å². The zero-order valence-corrected chi connectivity index (χ0v) is 11.8. The van der Waals surface area contributed by atoms with E-state index in [2.05, 4.69) is 4.98 Å². The molecule has 20 heavy (non-hydrogen) atoms. The van der Waals surface area contributed by atoms with E-state index in [0.717, 1.165) is 34.8 Å². The average Bonchev–Trinajstić information content (AvgIpc) is 3.09. The van der Waals surface area contributed by atoms with Crippen LogP contribution in [0.3, 0.4) is 0 Å². The molecule has 0 spiro atoms. The van der Waals surface area contributed by atoms with Crippen molar-refractivity contribution < 1.29 is 9.90 Å². The van der Waals surface area contributed by atoms with Crippen molar-refractivity contribution in [2.24, 2.45) is 0 Å². The van der Waals surface area contributed by atoms with Gasteiger partial charge in [0.2, 0.25) is 0 Å². The van der Waals surface area contributed by atoms with Crippen molar-refractivity contribution >= 4 is 17.3 Å². The molecule has 1 aliphatic rings. The fourth-order valence-corrected chi connectivity index (χ4v) is 3.53. The lowest BCUT2D eigenvalue weighted by Gasteiger charge is -2.19. The molecule has 0 aliphatic carbocycles. The van der Waals surface area contributed by atoms with Crippen molar-refractivity contribution in [3.63, 3.8) is 0 Å². The standard InChI is InChI=1S/C15H16N2O2S/c18-15(19)13-7-4-8-17(13)10-12-9-16-14(20-12)11-5-2-1-3-6-11/h1-3,5-6,9,13H,4,7-8,10H2,(H,18,19). The molecule has 1 saturated heterocycles. The van der Waals surface area contributed by atoms with Crippen LogP contribution in [0.25, 0.3) is 10.6 Å². The largest absolute Gasteiger partial charge is 0.480 e. The van der Waals surface area contributed by atoms with Gasteiger partial charge in [-0.15, -0.1) is 11.3 Å². The first-order chi connectivity index (χ1) is 9.74. The lowest BCUT2D eigenvalue weighted by Crippen LogP contribution is -2.35. The second-order valence-corrected chi connectivity index (χ2v) is 6.08. The first kappa shape index (κ1) is 13.3. The zero-order chi connectivity index (χ0) is 13.9. The molecule has 2 aromatic rings. The van der Waals surface area contributed by atoms with Gasteiger partial charge in [-0.2, -0.15) is 0 Å². The van der Waals surface area contributed by atoms with Crippen LogP contribution < -0.4 is 0 Å². The second kappa shape index (κ2) is 5.73. The lowest BCUT2D eigenvalue weighted by molar-refractivity contribution is -0.142. The van der Waals surface area contributed by atoms with Crippen LogP contribution >= 0.6 is 11.3 Å². The van der Waals surface area contributed by atoms with Crippen molar-refractivity contribution in [1.82, 2.24) is 9.88 Å². The molecule has 104 valence electrons. The Labute approximate surface area is 121 Å². The molecule has 4 nitrogen and oxygen atoms in total. The van der Waals surface area contributed by atoms with Crippen LogP contribution in [0, 0.1) is 0 Å². The molecule has 5 heteroatoms. The second-order valence-electron chi connectivity index (χ2n) is 4.96. The number of carboxylic acid groups (broad SMARTS) is 1. The van der Waals surface area contributed by atoms with Crippen LogP contribution in [-0.2, 0) is 11.3 Å². The summed E-state index contributed by atoms with van der Waals surface area (Å²) < 4.78 is 0. The van der Waals surface area contributed by atoms with Crippen LogP contribution in [0.1, 0.15) is 17.7 Å². The van der Waals surface area contributed by atoms with E-state index in [1.54, 1.807) is 11.3 Å². The van der Waals surface area contributed by atoms with Crippen LogP contribution in [0.15, 0.2) is 36.5 Å². The summed E-state index contributed by atoms with van der Waals surface area (Å²) in [5.41, 5.74) is 1.11. The van der Waals surface area contributed by atoms with Gasteiger partial charge < -0.3 is 5.11 Å². The summed E-state index contributed by atoms with van der Waals surface area (Å²) in [6, 6.07) is 9.73. The highest BCUT2D eigenvalue weighted by Crippen LogP contribution is 2.27. The number of thiazole rings is 1. The highest BCUT2D eigenvalue weighted by molar-refractivity contribution is 7.15. The SMILES string of the molecule is O=C(O)C1CCCN1Cc1cnc(-c2ccccc2)s1. The Hall–Kier alpha value is -1.72. The first-order valence-electron chi connectivity index (χ1n) is 6.71. The van der Waals surface area contributed by atoms with E-state index in [4.69, 9.17) is 0 Å².